The average Bonchev–Trinajstić information content (AvgIpc) is 2.84. The summed E-state index contributed by atoms with van der Waals surface area (Å²) in [6.07, 6.45) is 7.18. The van der Waals surface area contributed by atoms with Gasteiger partial charge in [-0.15, -0.1) is 10.2 Å². The maximum absolute atomic E-state index is 12.2. The van der Waals surface area contributed by atoms with Gasteiger partial charge in [-0.25, -0.2) is 0 Å². The minimum atomic E-state index is 0.0718. The molecule has 0 unspecified atom stereocenters. The molecule has 1 saturated carbocycles. The number of carbonyl (C=O) groups excluding carboxylic acids is 1. The molecular formula is C19H25BrN4O2S. The van der Waals surface area contributed by atoms with Crippen molar-refractivity contribution in [1.29, 1.82) is 0 Å². The molecule has 1 aliphatic carbocycles. The van der Waals surface area contributed by atoms with Crippen LogP contribution in [0.5, 0.6) is 5.75 Å². The van der Waals surface area contributed by atoms with Crippen molar-refractivity contribution in [3.05, 3.63) is 34.6 Å². The van der Waals surface area contributed by atoms with Crippen LogP contribution in [-0.4, -0.2) is 32.5 Å². The number of carbonyl (C=O) groups is 1. The zero-order valence-corrected chi connectivity index (χ0v) is 17.9. The van der Waals surface area contributed by atoms with Crippen molar-refractivity contribution < 1.29 is 9.53 Å². The average molecular weight is 453 g/mol. The highest BCUT2D eigenvalue weighted by Crippen LogP contribution is 2.20. The van der Waals surface area contributed by atoms with E-state index >= 15 is 0 Å². The number of ether oxygens (including phenoxy) is 1. The van der Waals surface area contributed by atoms with Crippen LogP contribution >= 0.6 is 27.7 Å². The highest BCUT2D eigenvalue weighted by molar-refractivity contribution is 9.10. The number of benzene rings is 1. The fraction of sp³-hybridized carbons (Fsp3) is 0.526. The minimum absolute atomic E-state index is 0.0718. The summed E-state index contributed by atoms with van der Waals surface area (Å²) in [6, 6.07) is 7.98. The molecule has 1 N–H and O–H groups in total. The summed E-state index contributed by atoms with van der Waals surface area (Å²) in [5.41, 5.74) is 0. The Morgan fingerprint density at radius 3 is 2.63 bits per heavy atom. The Labute approximate surface area is 172 Å². The maximum atomic E-state index is 12.2. The standard InChI is InChI=1S/C19H25BrN4O2S/c1-24-17(12-26-16-10-8-14(20)9-11-16)22-23-19(24)27-13-18(25)21-15-6-4-2-3-5-7-15/h8-11,15H,2-7,12-13H2,1H3,(H,21,25). The van der Waals surface area contributed by atoms with Gasteiger partial charge in [0.25, 0.3) is 0 Å². The van der Waals surface area contributed by atoms with Crippen LogP contribution in [0, 0.1) is 0 Å². The topological polar surface area (TPSA) is 69.0 Å². The van der Waals surface area contributed by atoms with E-state index in [1.165, 1.54) is 37.4 Å². The number of nitrogens with one attached hydrogen (secondary N) is 1. The molecular weight excluding hydrogens is 428 g/mol. The first-order valence-corrected chi connectivity index (χ1v) is 11.1. The minimum Gasteiger partial charge on any atom is -0.486 e. The summed E-state index contributed by atoms with van der Waals surface area (Å²) in [6.45, 7) is 0.333. The predicted octanol–water partition coefficient (Wildman–Crippen LogP) is 4.09. The predicted molar refractivity (Wildman–Crippen MR) is 110 cm³/mol. The molecule has 0 aliphatic heterocycles. The van der Waals surface area contributed by atoms with Gasteiger partial charge in [0.15, 0.2) is 11.0 Å². The van der Waals surface area contributed by atoms with E-state index in [1.54, 1.807) is 0 Å². The first kappa shape index (κ1) is 20.2. The molecule has 2 aromatic rings. The number of rotatable bonds is 7. The molecule has 146 valence electrons. The van der Waals surface area contributed by atoms with E-state index < -0.39 is 0 Å². The zero-order valence-electron chi connectivity index (χ0n) is 15.5. The molecule has 0 bridgehead atoms. The summed E-state index contributed by atoms with van der Waals surface area (Å²) < 4.78 is 8.63. The van der Waals surface area contributed by atoms with Crippen molar-refractivity contribution in [2.75, 3.05) is 5.75 Å². The van der Waals surface area contributed by atoms with Crippen LogP contribution in [0.4, 0.5) is 0 Å². The highest BCUT2D eigenvalue weighted by atomic mass is 79.9. The number of hydrogen-bond donors (Lipinski definition) is 1. The summed E-state index contributed by atoms with van der Waals surface area (Å²) >= 11 is 4.81. The second-order valence-corrected chi connectivity index (χ2v) is 8.60. The smallest absolute Gasteiger partial charge is 0.230 e. The molecule has 1 aromatic carbocycles. The molecule has 8 heteroatoms. The van der Waals surface area contributed by atoms with Crippen molar-refractivity contribution in [3.63, 3.8) is 0 Å². The summed E-state index contributed by atoms with van der Waals surface area (Å²) in [4.78, 5) is 12.2. The van der Waals surface area contributed by atoms with Gasteiger partial charge in [0.2, 0.25) is 5.91 Å². The Morgan fingerprint density at radius 1 is 1.22 bits per heavy atom. The molecule has 0 saturated heterocycles. The number of hydrogen-bond acceptors (Lipinski definition) is 5. The Hall–Kier alpha value is -1.54. The number of amides is 1. The van der Waals surface area contributed by atoms with E-state index in [0.29, 0.717) is 18.4 Å². The zero-order chi connectivity index (χ0) is 19.1. The van der Waals surface area contributed by atoms with Gasteiger partial charge in [0.05, 0.1) is 5.75 Å². The monoisotopic (exact) mass is 452 g/mol. The molecule has 0 atom stereocenters. The van der Waals surface area contributed by atoms with Crippen molar-refractivity contribution in [2.24, 2.45) is 7.05 Å². The Balaban J connectivity index is 1.46. The van der Waals surface area contributed by atoms with Crippen molar-refractivity contribution >= 4 is 33.6 Å². The first-order valence-electron chi connectivity index (χ1n) is 9.30. The second-order valence-electron chi connectivity index (χ2n) is 6.75. The van der Waals surface area contributed by atoms with E-state index in [-0.39, 0.29) is 5.91 Å². The summed E-state index contributed by atoms with van der Waals surface area (Å²) in [7, 11) is 1.89. The third kappa shape index (κ3) is 6.24. The van der Waals surface area contributed by atoms with Crippen LogP contribution < -0.4 is 10.1 Å². The lowest BCUT2D eigenvalue weighted by Gasteiger charge is -2.15. The number of thioether (sulfide) groups is 1. The van der Waals surface area contributed by atoms with Gasteiger partial charge in [0, 0.05) is 17.6 Å². The van der Waals surface area contributed by atoms with Gasteiger partial charge in [-0.2, -0.15) is 0 Å². The Kier molecular flexibility index (Phi) is 7.58. The molecule has 1 amide bonds. The van der Waals surface area contributed by atoms with E-state index in [9.17, 15) is 4.79 Å². The van der Waals surface area contributed by atoms with Crippen LogP contribution in [-0.2, 0) is 18.4 Å². The third-order valence-corrected chi connectivity index (χ3v) is 6.21. The molecule has 0 spiro atoms. The van der Waals surface area contributed by atoms with Gasteiger partial charge in [-0.05, 0) is 37.1 Å². The van der Waals surface area contributed by atoms with E-state index in [1.807, 2.05) is 35.9 Å². The van der Waals surface area contributed by atoms with E-state index in [2.05, 4.69) is 31.4 Å². The lowest BCUT2D eigenvalue weighted by molar-refractivity contribution is -0.119. The van der Waals surface area contributed by atoms with Crippen molar-refractivity contribution in [1.82, 2.24) is 20.1 Å². The Bertz CT molecular complexity index is 743. The SMILES string of the molecule is Cn1c(COc2ccc(Br)cc2)nnc1SCC(=O)NC1CCCCCC1. The highest BCUT2D eigenvalue weighted by Gasteiger charge is 2.16. The van der Waals surface area contributed by atoms with Gasteiger partial charge in [-0.1, -0.05) is 53.4 Å². The summed E-state index contributed by atoms with van der Waals surface area (Å²) in [5.74, 6) is 1.93. The fourth-order valence-electron chi connectivity index (χ4n) is 3.10. The third-order valence-electron chi connectivity index (χ3n) is 4.66. The lowest BCUT2D eigenvalue weighted by Crippen LogP contribution is -2.35. The largest absolute Gasteiger partial charge is 0.486 e. The summed E-state index contributed by atoms with van der Waals surface area (Å²) in [5, 5.41) is 12.2. The molecule has 1 heterocycles. The van der Waals surface area contributed by atoms with Gasteiger partial charge in [0.1, 0.15) is 12.4 Å². The van der Waals surface area contributed by atoms with Crippen molar-refractivity contribution in [2.45, 2.75) is 56.3 Å². The van der Waals surface area contributed by atoms with E-state index in [4.69, 9.17) is 4.74 Å². The first-order chi connectivity index (χ1) is 13.1. The maximum Gasteiger partial charge on any atom is 0.230 e. The fourth-order valence-corrected chi connectivity index (χ4v) is 4.10. The molecule has 6 nitrogen and oxygen atoms in total. The molecule has 1 aromatic heterocycles. The van der Waals surface area contributed by atoms with Gasteiger partial charge >= 0.3 is 0 Å². The van der Waals surface area contributed by atoms with E-state index in [0.717, 1.165) is 34.0 Å². The second kappa shape index (κ2) is 10.1. The number of aromatic nitrogens is 3. The lowest BCUT2D eigenvalue weighted by atomic mass is 10.1. The number of halogens is 1. The van der Waals surface area contributed by atoms with Crippen LogP contribution in [0.25, 0.3) is 0 Å². The van der Waals surface area contributed by atoms with Crippen LogP contribution in [0.3, 0.4) is 0 Å². The molecule has 27 heavy (non-hydrogen) atoms. The Morgan fingerprint density at radius 2 is 1.93 bits per heavy atom. The van der Waals surface area contributed by atoms with Crippen LogP contribution in [0.1, 0.15) is 44.3 Å². The van der Waals surface area contributed by atoms with Gasteiger partial charge in [-0.3, -0.25) is 4.79 Å². The van der Waals surface area contributed by atoms with Crippen LogP contribution in [0.15, 0.2) is 33.9 Å². The quantitative estimate of drug-likeness (QED) is 0.505. The molecule has 0 radical (unpaired) electrons. The van der Waals surface area contributed by atoms with Gasteiger partial charge < -0.3 is 14.6 Å². The molecule has 3 rings (SSSR count). The molecule has 1 aliphatic rings. The van der Waals surface area contributed by atoms with Crippen LogP contribution in [0.2, 0.25) is 0 Å². The number of nitrogens with zero attached hydrogens (tertiary/aromatic N) is 3. The van der Waals surface area contributed by atoms with Crippen molar-refractivity contribution in [3.8, 4) is 5.75 Å². The molecule has 1 fully saturated rings. The normalized spacial score (nSPS) is 15.3.